The molecule has 2 rings (SSSR count). The van der Waals surface area contributed by atoms with Crippen molar-refractivity contribution >= 4 is 22.5 Å². The first-order chi connectivity index (χ1) is 6.76. The van der Waals surface area contributed by atoms with Gasteiger partial charge in [-0.25, -0.2) is 0 Å². The van der Waals surface area contributed by atoms with Crippen LogP contribution in [0, 0.1) is 0 Å². The average molecular weight is 208 g/mol. The fourth-order valence-corrected chi connectivity index (χ4v) is 2.05. The Bertz CT molecular complexity index is 457. The lowest BCUT2D eigenvalue weighted by Crippen LogP contribution is -1.90. The van der Waals surface area contributed by atoms with Crippen LogP contribution in [0.3, 0.4) is 0 Å². The van der Waals surface area contributed by atoms with Gasteiger partial charge in [0.2, 0.25) is 0 Å². The number of benzene rings is 1. The predicted octanol–water partition coefficient (Wildman–Crippen LogP) is 3.88. The Balaban J connectivity index is 2.75. The molecular weight excluding hydrogens is 194 g/mol. The molecule has 0 amide bonds. The lowest BCUT2D eigenvalue weighted by molar-refractivity contribution is 0.793. The van der Waals surface area contributed by atoms with Crippen molar-refractivity contribution < 1.29 is 0 Å². The van der Waals surface area contributed by atoms with E-state index in [1.54, 1.807) is 0 Å². The van der Waals surface area contributed by atoms with Crippen LogP contribution in [0.2, 0.25) is 5.02 Å². The molecule has 0 unspecified atom stereocenters. The van der Waals surface area contributed by atoms with Crippen molar-refractivity contribution in [3.63, 3.8) is 0 Å². The van der Waals surface area contributed by atoms with Gasteiger partial charge in [0.15, 0.2) is 0 Å². The highest BCUT2D eigenvalue weighted by Gasteiger charge is 2.05. The minimum Gasteiger partial charge on any atom is -0.347 e. The molecule has 74 valence electrons. The summed E-state index contributed by atoms with van der Waals surface area (Å²) in [5.41, 5.74) is 2.65. The van der Waals surface area contributed by atoms with Crippen molar-refractivity contribution in [2.45, 2.75) is 26.8 Å². The number of hydrogen-bond donors (Lipinski definition) is 0. The monoisotopic (exact) mass is 207 g/mol. The number of aryl methyl sites for hydroxylation is 2. The molecule has 0 saturated carbocycles. The zero-order valence-corrected chi connectivity index (χ0v) is 9.30. The summed E-state index contributed by atoms with van der Waals surface area (Å²) in [7, 11) is 0. The molecule has 0 spiro atoms. The largest absolute Gasteiger partial charge is 0.347 e. The van der Waals surface area contributed by atoms with Crippen molar-refractivity contribution in [3.8, 4) is 0 Å². The van der Waals surface area contributed by atoms with E-state index < -0.39 is 0 Å². The van der Waals surface area contributed by atoms with Crippen LogP contribution in [0.4, 0.5) is 0 Å². The zero-order chi connectivity index (χ0) is 10.1. The van der Waals surface area contributed by atoms with E-state index in [1.807, 2.05) is 12.1 Å². The second-order valence-electron chi connectivity index (χ2n) is 3.46. The Morgan fingerprint density at radius 1 is 1.29 bits per heavy atom. The molecule has 0 aliphatic heterocycles. The van der Waals surface area contributed by atoms with Crippen LogP contribution in [-0.2, 0) is 13.0 Å². The van der Waals surface area contributed by atoms with E-state index in [9.17, 15) is 0 Å². The van der Waals surface area contributed by atoms with Crippen LogP contribution >= 0.6 is 11.6 Å². The van der Waals surface area contributed by atoms with E-state index in [-0.39, 0.29) is 0 Å². The van der Waals surface area contributed by atoms with E-state index in [1.165, 1.54) is 16.5 Å². The van der Waals surface area contributed by atoms with Crippen LogP contribution in [-0.4, -0.2) is 4.57 Å². The zero-order valence-electron chi connectivity index (χ0n) is 8.55. The van der Waals surface area contributed by atoms with Gasteiger partial charge in [-0.05, 0) is 31.0 Å². The van der Waals surface area contributed by atoms with Crippen molar-refractivity contribution in [2.75, 3.05) is 0 Å². The molecule has 2 heteroatoms. The molecule has 0 atom stereocenters. The second-order valence-corrected chi connectivity index (χ2v) is 3.89. The molecule has 0 saturated heterocycles. The van der Waals surface area contributed by atoms with Gasteiger partial charge in [0.1, 0.15) is 0 Å². The van der Waals surface area contributed by atoms with E-state index in [0.717, 1.165) is 18.0 Å². The second kappa shape index (κ2) is 3.66. The molecule has 2 aromatic rings. The van der Waals surface area contributed by atoms with Gasteiger partial charge >= 0.3 is 0 Å². The van der Waals surface area contributed by atoms with Crippen molar-refractivity contribution in [3.05, 3.63) is 35.0 Å². The molecule has 0 aliphatic carbocycles. The van der Waals surface area contributed by atoms with Gasteiger partial charge in [0.05, 0.1) is 0 Å². The van der Waals surface area contributed by atoms with Gasteiger partial charge < -0.3 is 4.57 Å². The maximum absolute atomic E-state index is 5.99. The molecule has 14 heavy (non-hydrogen) atoms. The summed E-state index contributed by atoms with van der Waals surface area (Å²) in [5.74, 6) is 0. The molecule has 0 fully saturated rings. The van der Waals surface area contributed by atoms with Gasteiger partial charge in [-0.2, -0.15) is 0 Å². The maximum Gasteiger partial charge on any atom is 0.0497 e. The first-order valence-corrected chi connectivity index (χ1v) is 5.41. The van der Waals surface area contributed by atoms with E-state index in [2.05, 4.69) is 30.7 Å². The standard InChI is InChI=1S/C12H14ClN/c1-3-9-8-14(4-2)12-7-10(13)5-6-11(9)12/h5-8H,3-4H2,1-2H3. The molecule has 0 N–H and O–H groups in total. The van der Waals surface area contributed by atoms with Gasteiger partial charge in [-0.15, -0.1) is 0 Å². The van der Waals surface area contributed by atoms with Crippen LogP contribution in [0.5, 0.6) is 0 Å². The average Bonchev–Trinajstić information content (AvgIpc) is 2.55. The fourth-order valence-electron chi connectivity index (χ4n) is 1.88. The Labute approximate surface area is 89.3 Å². The van der Waals surface area contributed by atoms with Gasteiger partial charge in [-0.1, -0.05) is 24.6 Å². The highest BCUT2D eigenvalue weighted by Crippen LogP contribution is 2.25. The summed E-state index contributed by atoms with van der Waals surface area (Å²) in [6, 6.07) is 6.12. The minimum atomic E-state index is 0.813. The predicted molar refractivity (Wildman–Crippen MR) is 62.0 cm³/mol. The summed E-state index contributed by atoms with van der Waals surface area (Å²) >= 11 is 5.99. The fraction of sp³-hybridized carbons (Fsp3) is 0.333. The summed E-state index contributed by atoms with van der Waals surface area (Å²) in [6.07, 6.45) is 3.30. The summed E-state index contributed by atoms with van der Waals surface area (Å²) in [4.78, 5) is 0. The SMILES string of the molecule is CCc1cn(CC)c2cc(Cl)ccc12. The number of halogens is 1. The third-order valence-corrected chi connectivity index (χ3v) is 2.88. The molecule has 0 radical (unpaired) electrons. The van der Waals surface area contributed by atoms with Gasteiger partial charge in [0.25, 0.3) is 0 Å². The Morgan fingerprint density at radius 3 is 2.71 bits per heavy atom. The Kier molecular flexibility index (Phi) is 2.51. The lowest BCUT2D eigenvalue weighted by Gasteiger charge is -1.99. The van der Waals surface area contributed by atoms with Crippen LogP contribution in [0.1, 0.15) is 19.4 Å². The van der Waals surface area contributed by atoms with Crippen LogP contribution < -0.4 is 0 Å². The van der Waals surface area contributed by atoms with Crippen molar-refractivity contribution in [2.24, 2.45) is 0 Å². The molecule has 0 aliphatic rings. The summed E-state index contributed by atoms with van der Waals surface area (Å²) < 4.78 is 2.25. The summed E-state index contributed by atoms with van der Waals surface area (Å²) in [6.45, 7) is 5.33. The first-order valence-electron chi connectivity index (χ1n) is 5.03. The molecule has 0 bridgehead atoms. The molecule has 1 aromatic carbocycles. The minimum absolute atomic E-state index is 0.813. The third-order valence-electron chi connectivity index (χ3n) is 2.65. The molecular formula is C12H14ClN. The van der Waals surface area contributed by atoms with Gasteiger partial charge in [0, 0.05) is 28.7 Å². The molecule has 1 nitrogen and oxygen atoms in total. The lowest BCUT2D eigenvalue weighted by atomic mass is 10.1. The maximum atomic E-state index is 5.99. The normalized spacial score (nSPS) is 11.1. The Hall–Kier alpha value is -0.950. The van der Waals surface area contributed by atoms with Crippen LogP contribution in [0.15, 0.2) is 24.4 Å². The number of aromatic nitrogens is 1. The van der Waals surface area contributed by atoms with E-state index in [4.69, 9.17) is 11.6 Å². The number of fused-ring (bicyclic) bond motifs is 1. The quantitative estimate of drug-likeness (QED) is 0.705. The summed E-state index contributed by atoms with van der Waals surface area (Å²) in [5, 5.41) is 2.15. The number of nitrogens with zero attached hydrogens (tertiary/aromatic N) is 1. The molecule has 1 heterocycles. The van der Waals surface area contributed by atoms with Crippen LogP contribution in [0.25, 0.3) is 10.9 Å². The first kappa shape index (κ1) is 9.60. The van der Waals surface area contributed by atoms with E-state index >= 15 is 0 Å². The highest BCUT2D eigenvalue weighted by molar-refractivity contribution is 6.31. The van der Waals surface area contributed by atoms with E-state index in [0.29, 0.717) is 0 Å². The third kappa shape index (κ3) is 1.42. The number of rotatable bonds is 2. The molecule has 1 aromatic heterocycles. The Morgan fingerprint density at radius 2 is 2.07 bits per heavy atom. The van der Waals surface area contributed by atoms with Crippen molar-refractivity contribution in [1.29, 1.82) is 0 Å². The topological polar surface area (TPSA) is 4.93 Å². The van der Waals surface area contributed by atoms with Gasteiger partial charge in [-0.3, -0.25) is 0 Å². The smallest absolute Gasteiger partial charge is 0.0497 e. The van der Waals surface area contributed by atoms with Crippen molar-refractivity contribution in [1.82, 2.24) is 4.57 Å². The highest BCUT2D eigenvalue weighted by atomic mass is 35.5. The number of hydrogen-bond acceptors (Lipinski definition) is 0.